The van der Waals surface area contributed by atoms with Crippen LogP contribution in [0.5, 0.6) is 0 Å². The lowest BCUT2D eigenvalue weighted by Crippen LogP contribution is -2.30. The SMILES string of the molecule is CCCCCn1c(=N)c(S(=O)(=O)c2ccc(C)cc2)cc2c(=O)n3ccccc3nc21. The van der Waals surface area contributed by atoms with Crippen molar-refractivity contribution < 1.29 is 8.42 Å². The summed E-state index contributed by atoms with van der Waals surface area (Å²) in [5.74, 6) is 0. The van der Waals surface area contributed by atoms with Crippen LogP contribution in [-0.2, 0) is 16.4 Å². The Bertz CT molecular complexity index is 1500. The highest BCUT2D eigenvalue weighted by molar-refractivity contribution is 7.91. The number of sulfone groups is 1. The fourth-order valence-electron chi connectivity index (χ4n) is 3.65. The zero-order valence-corrected chi connectivity index (χ0v) is 18.3. The number of benzene rings is 1. The minimum absolute atomic E-state index is 0.0971. The second-order valence-corrected chi connectivity index (χ2v) is 9.53. The molecule has 0 aliphatic carbocycles. The van der Waals surface area contributed by atoms with Gasteiger partial charge in [-0.2, -0.15) is 0 Å². The van der Waals surface area contributed by atoms with Gasteiger partial charge in [0, 0.05) is 12.7 Å². The summed E-state index contributed by atoms with van der Waals surface area (Å²) in [7, 11) is -3.99. The smallest absolute Gasteiger partial charge is 0.267 e. The molecule has 3 heterocycles. The van der Waals surface area contributed by atoms with Crippen LogP contribution >= 0.6 is 0 Å². The number of aryl methyl sites for hydroxylation is 2. The average molecular weight is 437 g/mol. The summed E-state index contributed by atoms with van der Waals surface area (Å²) < 4.78 is 29.8. The lowest BCUT2D eigenvalue weighted by molar-refractivity contribution is 0.570. The number of hydrogen-bond donors (Lipinski definition) is 1. The van der Waals surface area contributed by atoms with Crippen molar-refractivity contribution in [2.45, 2.75) is 49.4 Å². The summed E-state index contributed by atoms with van der Waals surface area (Å²) in [4.78, 5) is 17.7. The first kappa shape index (κ1) is 21.0. The van der Waals surface area contributed by atoms with Crippen molar-refractivity contribution in [2.75, 3.05) is 0 Å². The van der Waals surface area contributed by atoms with E-state index in [1.807, 2.05) is 6.92 Å². The summed E-state index contributed by atoms with van der Waals surface area (Å²) in [6, 6.07) is 13.0. The van der Waals surface area contributed by atoms with Crippen molar-refractivity contribution in [1.29, 1.82) is 5.41 Å². The van der Waals surface area contributed by atoms with Crippen LogP contribution in [0.1, 0.15) is 31.7 Å². The summed E-state index contributed by atoms with van der Waals surface area (Å²) >= 11 is 0. The van der Waals surface area contributed by atoms with Crippen molar-refractivity contribution in [1.82, 2.24) is 14.0 Å². The maximum atomic E-state index is 13.4. The molecule has 160 valence electrons. The largest absolute Gasteiger partial charge is 0.310 e. The van der Waals surface area contributed by atoms with E-state index >= 15 is 0 Å². The van der Waals surface area contributed by atoms with Gasteiger partial charge in [0.2, 0.25) is 9.84 Å². The molecule has 3 aromatic heterocycles. The van der Waals surface area contributed by atoms with E-state index < -0.39 is 9.84 Å². The van der Waals surface area contributed by atoms with Crippen molar-refractivity contribution in [3.05, 3.63) is 76.1 Å². The van der Waals surface area contributed by atoms with E-state index in [0.29, 0.717) is 17.8 Å². The molecular weight excluding hydrogens is 412 g/mol. The van der Waals surface area contributed by atoms with Crippen LogP contribution in [0.3, 0.4) is 0 Å². The summed E-state index contributed by atoms with van der Waals surface area (Å²) in [6.07, 6.45) is 4.27. The highest BCUT2D eigenvalue weighted by Gasteiger charge is 2.24. The van der Waals surface area contributed by atoms with E-state index in [2.05, 4.69) is 11.9 Å². The molecule has 0 unspecified atom stereocenters. The molecule has 0 spiro atoms. The van der Waals surface area contributed by atoms with Crippen molar-refractivity contribution >= 4 is 26.5 Å². The van der Waals surface area contributed by atoms with E-state index in [1.54, 1.807) is 41.1 Å². The Labute approximate surface area is 180 Å². The van der Waals surface area contributed by atoms with Crippen molar-refractivity contribution in [2.24, 2.45) is 0 Å². The van der Waals surface area contributed by atoms with Crippen LogP contribution in [0.25, 0.3) is 16.7 Å². The molecule has 0 aliphatic rings. The Kier molecular flexibility index (Phi) is 5.49. The molecule has 0 aliphatic heterocycles. The van der Waals surface area contributed by atoms with Crippen LogP contribution < -0.4 is 11.0 Å². The molecule has 0 amide bonds. The number of nitrogens with zero attached hydrogens (tertiary/aromatic N) is 3. The first-order chi connectivity index (χ1) is 14.8. The molecule has 0 fully saturated rings. The van der Waals surface area contributed by atoms with E-state index in [-0.39, 0.29) is 26.2 Å². The molecule has 4 aromatic rings. The normalized spacial score (nSPS) is 11.9. The molecule has 7 nitrogen and oxygen atoms in total. The summed E-state index contributed by atoms with van der Waals surface area (Å²) in [5, 5.41) is 8.91. The predicted molar refractivity (Wildman–Crippen MR) is 119 cm³/mol. The number of rotatable bonds is 6. The minimum Gasteiger partial charge on any atom is -0.310 e. The Morgan fingerprint density at radius 2 is 1.81 bits per heavy atom. The fraction of sp³-hybridized carbons (Fsp3) is 0.261. The fourth-order valence-corrected chi connectivity index (χ4v) is 5.03. The van der Waals surface area contributed by atoms with Crippen LogP contribution in [-0.4, -0.2) is 22.4 Å². The minimum atomic E-state index is -3.99. The van der Waals surface area contributed by atoms with E-state index in [4.69, 9.17) is 5.41 Å². The van der Waals surface area contributed by atoms with Gasteiger partial charge in [-0.1, -0.05) is 43.5 Å². The van der Waals surface area contributed by atoms with Crippen molar-refractivity contribution in [3.63, 3.8) is 0 Å². The average Bonchev–Trinajstić information content (AvgIpc) is 2.76. The van der Waals surface area contributed by atoms with Gasteiger partial charge in [-0.3, -0.25) is 14.6 Å². The topological polar surface area (TPSA) is 97.3 Å². The molecule has 1 aromatic carbocycles. The standard InChI is InChI=1S/C23H24N4O3S/c1-3-4-6-14-27-21(24)19(31(29,30)17-11-9-16(2)10-12-17)15-18-22(27)25-20-8-5-7-13-26(20)23(18)28/h5,7-13,15,24H,3-4,6,14H2,1-2H3. The van der Waals surface area contributed by atoms with E-state index in [1.165, 1.54) is 22.6 Å². The molecule has 31 heavy (non-hydrogen) atoms. The van der Waals surface area contributed by atoms with Gasteiger partial charge in [0.15, 0.2) is 0 Å². The number of hydrogen-bond acceptors (Lipinski definition) is 5. The third kappa shape index (κ3) is 3.67. The van der Waals surface area contributed by atoms with Gasteiger partial charge in [-0.25, -0.2) is 13.4 Å². The number of nitrogens with one attached hydrogen (secondary N) is 1. The summed E-state index contributed by atoms with van der Waals surface area (Å²) in [5.41, 5.74) is 1.21. The molecule has 4 rings (SSSR count). The highest BCUT2D eigenvalue weighted by Crippen LogP contribution is 2.21. The lowest BCUT2D eigenvalue weighted by atomic mass is 10.2. The Balaban J connectivity index is 2.06. The van der Waals surface area contributed by atoms with E-state index in [0.717, 1.165) is 24.8 Å². The molecular formula is C23H24N4O3S. The molecule has 0 radical (unpaired) electrons. The molecule has 0 atom stereocenters. The Hall–Kier alpha value is -3.26. The molecule has 0 saturated carbocycles. The number of unbranched alkanes of at least 4 members (excludes halogenated alkanes) is 2. The zero-order valence-electron chi connectivity index (χ0n) is 17.5. The first-order valence-corrected chi connectivity index (χ1v) is 11.7. The third-order valence-corrected chi connectivity index (χ3v) is 7.17. The monoisotopic (exact) mass is 436 g/mol. The van der Waals surface area contributed by atoms with Gasteiger partial charge in [0.05, 0.1) is 10.3 Å². The predicted octanol–water partition coefficient (Wildman–Crippen LogP) is 3.46. The quantitative estimate of drug-likeness (QED) is 0.370. The van der Waals surface area contributed by atoms with Gasteiger partial charge in [0.25, 0.3) is 5.56 Å². The molecule has 0 saturated heterocycles. The van der Waals surface area contributed by atoms with Gasteiger partial charge in [-0.05, 0) is 43.7 Å². The maximum absolute atomic E-state index is 13.4. The third-order valence-electron chi connectivity index (χ3n) is 5.39. The van der Waals surface area contributed by atoms with E-state index in [9.17, 15) is 13.2 Å². The van der Waals surface area contributed by atoms with Gasteiger partial charge in [-0.15, -0.1) is 0 Å². The zero-order chi connectivity index (χ0) is 22.2. The Morgan fingerprint density at radius 1 is 1.06 bits per heavy atom. The second kappa shape index (κ2) is 8.11. The van der Waals surface area contributed by atoms with Gasteiger partial charge >= 0.3 is 0 Å². The highest BCUT2D eigenvalue weighted by atomic mass is 32.2. The summed E-state index contributed by atoms with van der Waals surface area (Å²) in [6.45, 7) is 4.36. The number of aromatic nitrogens is 3. The van der Waals surface area contributed by atoms with Gasteiger partial charge in [0.1, 0.15) is 21.7 Å². The molecule has 1 N–H and O–H groups in total. The molecule has 0 bridgehead atoms. The Morgan fingerprint density at radius 3 is 2.52 bits per heavy atom. The first-order valence-electron chi connectivity index (χ1n) is 10.3. The number of fused-ring (bicyclic) bond motifs is 2. The number of pyridine rings is 2. The second-order valence-electron chi connectivity index (χ2n) is 7.62. The van der Waals surface area contributed by atoms with Crippen molar-refractivity contribution in [3.8, 4) is 0 Å². The lowest BCUT2D eigenvalue weighted by Gasteiger charge is -2.15. The van der Waals surface area contributed by atoms with Gasteiger partial charge < -0.3 is 4.57 Å². The van der Waals surface area contributed by atoms with Crippen LogP contribution in [0.4, 0.5) is 0 Å². The maximum Gasteiger partial charge on any atom is 0.267 e. The van der Waals surface area contributed by atoms with Crippen LogP contribution in [0.2, 0.25) is 0 Å². The van der Waals surface area contributed by atoms with Crippen LogP contribution in [0.15, 0.2) is 69.3 Å². The molecule has 8 heteroatoms. The van der Waals surface area contributed by atoms with Crippen LogP contribution in [0, 0.1) is 12.3 Å².